The van der Waals surface area contributed by atoms with Crippen molar-refractivity contribution in [3.63, 3.8) is 0 Å². The summed E-state index contributed by atoms with van der Waals surface area (Å²) < 4.78 is 0. The Hall–Kier alpha value is -2.95. The van der Waals surface area contributed by atoms with Gasteiger partial charge in [0.15, 0.2) is 5.82 Å². The van der Waals surface area contributed by atoms with E-state index in [9.17, 15) is 9.90 Å². The quantitative estimate of drug-likeness (QED) is 0.646. The molecule has 3 aromatic rings. The number of rotatable bonds is 5. The van der Waals surface area contributed by atoms with Crippen LogP contribution in [0.4, 0.5) is 5.82 Å². The van der Waals surface area contributed by atoms with Crippen LogP contribution in [-0.4, -0.2) is 27.1 Å². The Bertz CT molecular complexity index is 989. The smallest absolute Gasteiger partial charge is 0.326 e. The molecule has 0 fully saturated rings. The number of aromatic nitrogens is 2. The van der Waals surface area contributed by atoms with E-state index in [2.05, 4.69) is 43.2 Å². The molecule has 0 aliphatic rings. The fourth-order valence-electron chi connectivity index (χ4n) is 3.10. The molecule has 2 aromatic carbocycles. The zero-order valence-electron chi connectivity index (χ0n) is 17.0. The maximum absolute atomic E-state index is 11.7. The topological polar surface area (TPSA) is 75.1 Å². The van der Waals surface area contributed by atoms with Crippen molar-refractivity contribution in [2.45, 2.75) is 46.1 Å². The first-order valence-corrected chi connectivity index (χ1v) is 9.54. The monoisotopic (exact) mass is 377 g/mol. The van der Waals surface area contributed by atoms with Crippen molar-refractivity contribution in [2.75, 3.05) is 5.32 Å². The number of carbonyl (C=O) groups is 1. The molecule has 1 aromatic heterocycles. The Kier molecular flexibility index (Phi) is 5.36. The Balaban J connectivity index is 2.08. The second-order valence-corrected chi connectivity index (χ2v) is 8.44. The van der Waals surface area contributed by atoms with Crippen LogP contribution in [-0.2, 0) is 10.2 Å². The number of anilines is 1. The highest BCUT2D eigenvalue weighted by molar-refractivity contribution is 5.92. The van der Waals surface area contributed by atoms with Gasteiger partial charge >= 0.3 is 5.97 Å². The Morgan fingerprint density at radius 1 is 1.00 bits per heavy atom. The van der Waals surface area contributed by atoms with E-state index >= 15 is 0 Å². The highest BCUT2D eigenvalue weighted by Crippen LogP contribution is 2.28. The van der Waals surface area contributed by atoms with Crippen LogP contribution in [0, 0.1) is 5.92 Å². The Labute approximate surface area is 165 Å². The van der Waals surface area contributed by atoms with E-state index in [1.54, 1.807) is 0 Å². The van der Waals surface area contributed by atoms with Gasteiger partial charge in [-0.15, -0.1) is 0 Å². The van der Waals surface area contributed by atoms with Gasteiger partial charge in [-0.2, -0.15) is 0 Å². The lowest BCUT2D eigenvalue weighted by Crippen LogP contribution is -2.34. The number of hydrogen-bond donors (Lipinski definition) is 2. The zero-order valence-corrected chi connectivity index (χ0v) is 17.0. The standard InChI is InChI=1S/C23H27N3O2/c1-14(2)19(22(27)28)25-21-17-8-6-7-9-18(17)24-20(26-21)15-10-12-16(13-11-15)23(3,4)5/h6-14,19H,1-5H3,(H,27,28)(H,24,25,26). The second kappa shape index (κ2) is 7.58. The van der Waals surface area contributed by atoms with Gasteiger partial charge in [-0.1, -0.05) is 71.0 Å². The predicted octanol–water partition coefficient (Wildman–Crippen LogP) is 5.12. The van der Waals surface area contributed by atoms with E-state index in [0.717, 1.165) is 16.5 Å². The summed E-state index contributed by atoms with van der Waals surface area (Å²) >= 11 is 0. The molecule has 5 nitrogen and oxygen atoms in total. The van der Waals surface area contributed by atoms with Crippen LogP contribution in [0.15, 0.2) is 48.5 Å². The van der Waals surface area contributed by atoms with Crippen molar-refractivity contribution >= 4 is 22.7 Å². The number of nitrogens with one attached hydrogen (secondary N) is 1. The van der Waals surface area contributed by atoms with E-state index in [-0.39, 0.29) is 11.3 Å². The third kappa shape index (κ3) is 4.14. The van der Waals surface area contributed by atoms with E-state index in [4.69, 9.17) is 4.98 Å². The number of carboxylic acids is 1. The minimum Gasteiger partial charge on any atom is -0.480 e. The van der Waals surface area contributed by atoms with E-state index in [1.807, 2.05) is 50.2 Å². The maximum atomic E-state index is 11.7. The van der Waals surface area contributed by atoms with Crippen molar-refractivity contribution in [3.8, 4) is 11.4 Å². The van der Waals surface area contributed by atoms with Crippen LogP contribution < -0.4 is 5.32 Å². The molecule has 2 N–H and O–H groups in total. The molecule has 0 radical (unpaired) electrons. The van der Waals surface area contributed by atoms with Crippen molar-refractivity contribution in [2.24, 2.45) is 5.92 Å². The fourth-order valence-corrected chi connectivity index (χ4v) is 3.10. The SMILES string of the molecule is CC(C)C(Nc1nc(-c2ccc(C(C)(C)C)cc2)nc2ccccc12)C(=O)O. The molecule has 0 amide bonds. The van der Waals surface area contributed by atoms with Crippen molar-refractivity contribution in [1.29, 1.82) is 0 Å². The summed E-state index contributed by atoms with van der Waals surface area (Å²) in [6, 6.07) is 15.1. The molecule has 0 saturated carbocycles. The average molecular weight is 377 g/mol. The highest BCUT2D eigenvalue weighted by atomic mass is 16.4. The molecule has 3 rings (SSSR count). The van der Waals surface area contributed by atoms with E-state index in [0.29, 0.717) is 11.6 Å². The minimum absolute atomic E-state index is 0.0709. The third-order valence-corrected chi connectivity index (χ3v) is 4.84. The summed E-state index contributed by atoms with van der Waals surface area (Å²) in [6.07, 6.45) is 0. The molecule has 1 unspecified atom stereocenters. The molecule has 5 heteroatoms. The Morgan fingerprint density at radius 3 is 2.21 bits per heavy atom. The predicted molar refractivity (Wildman–Crippen MR) is 114 cm³/mol. The molecule has 0 aliphatic carbocycles. The molecule has 0 spiro atoms. The molecule has 0 bridgehead atoms. The lowest BCUT2D eigenvalue weighted by molar-refractivity contribution is -0.138. The van der Waals surface area contributed by atoms with Gasteiger partial charge in [0.2, 0.25) is 0 Å². The molecule has 146 valence electrons. The van der Waals surface area contributed by atoms with E-state index in [1.165, 1.54) is 5.56 Å². The number of nitrogens with zero attached hydrogens (tertiary/aromatic N) is 2. The maximum Gasteiger partial charge on any atom is 0.326 e. The van der Waals surface area contributed by atoms with Crippen LogP contribution in [0.5, 0.6) is 0 Å². The van der Waals surface area contributed by atoms with Crippen molar-refractivity contribution < 1.29 is 9.90 Å². The number of carboxylic acid groups (broad SMARTS) is 1. The van der Waals surface area contributed by atoms with Crippen LogP contribution in [0.1, 0.15) is 40.2 Å². The normalized spacial score (nSPS) is 12.9. The number of aliphatic carboxylic acids is 1. The van der Waals surface area contributed by atoms with Gasteiger partial charge in [0.25, 0.3) is 0 Å². The van der Waals surface area contributed by atoms with E-state index < -0.39 is 12.0 Å². The van der Waals surface area contributed by atoms with Gasteiger partial charge < -0.3 is 10.4 Å². The summed E-state index contributed by atoms with van der Waals surface area (Å²) in [7, 11) is 0. The summed E-state index contributed by atoms with van der Waals surface area (Å²) in [4.78, 5) is 21.0. The number of para-hydroxylation sites is 1. The first-order valence-electron chi connectivity index (χ1n) is 9.54. The van der Waals surface area contributed by atoms with Gasteiger partial charge in [-0.25, -0.2) is 14.8 Å². The van der Waals surface area contributed by atoms with Gasteiger partial charge in [-0.3, -0.25) is 0 Å². The van der Waals surface area contributed by atoms with Crippen LogP contribution in [0.2, 0.25) is 0 Å². The third-order valence-electron chi connectivity index (χ3n) is 4.84. The van der Waals surface area contributed by atoms with Crippen LogP contribution in [0.25, 0.3) is 22.3 Å². The zero-order chi connectivity index (χ0) is 20.5. The Morgan fingerprint density at radius 2 is 1.64 bits per heavy atom. The first-order chi connectivity index (χ1) is 13.2. The molecule has 0 aliphatic heterocycles. The van der Waals surface area contributed by atoms with Crippen molar-refractivity contribution in [1.82, 2.24) is 9.97 Å². The first kappa shape index (κ1) is 19.8. The van der Waals surface area contributed by atoms with Crippen LogP contribution in [0.3, 0.4) is 0 Å². The van der Waals surface area contributed by atoms with Gasteiger partial charge in [0, 0.05) is 10.9 Å². The summed E-state index contributed by atoms with van der Waals surface area (Å²) in [6.45, 7) is 10.3. The minimum atomic E-state index is -0.895. The van der Waals surface area contributed by atoms with Crippen LogP contribution >= 0.6 is 0 Å². The molecule has 1 heterocycles. The largest absolute Gasteiger partial charge is 0.480 e. The lowest BCUT2D eigenvalue weighted by atomic mass is 9.87. The molecule has 28 heavy (non-hydrogen) atoms. The van der Waals surface area contributed by atoms with Gasteiger partial charge in [0.05, 0.1) is 5.52 Å². The number of fused-ring (bicyclic) bond motifs is 1. The summed E-state index contributed by atoms with van der Waals surface area (Å²) in [5, 5.41) is 13.5. The van der Waals surface area contributed by atoms with Gasteiger partial charge in [-0.05, 0) is 29.0 Å². The van der Waals surface area contributed by atoms with Crippen molar-refractivity contribution in [3.05, 3.63) is 54.1 Å². The summed E-state index contributed by atoms with van der Waals surface area (Å²) in [5.74, 6) is 0.144. The second-order valence-electron chi connectivity index (χ2n) is 8.44. The number of benzene rings is 2. The molecular formula is C23H27N3O2. The lowest BCUT2D eigenvalue weighted by Gasteiger charge is -2.20. The molecular weight excluding hydrogens is 350 g/mol. The van der Waals surface area contributed by atoms with Gasteiger partial charge in [0.1, 0.15) is 11.9 Å². The number of hydrogen-bond acceptors (Lipinski definition) is 4. The molecule has 1 atom stereocenters. The summed E-state index contributed by atoms with van der Waals surface area (Å²) in [5.41, 5.74) is 2.99. The highest BCUT2D eigenvalue weighted by Gasteiger charge is 2.23. The fraction of sp³-hybridized carbons (Fsp3) is 0.348. The average Bonchev–Trinajstić information content (AvgIpc) is 2.64. The molecule has 0 saturated heterocycles.